The van der Waals surface area contributed by atoms with Gasteiger partial charge < -0.3 is 10.4 Å². The number of carboxylic acid groups (broad SMARTS) is 1. The van der Waals surface area contributed by atoms with Gasteiger partial charge in [-0.2, -0.15) is 0 Å². The number of rotatable bonds is 3. The molecule has 1 heterocycles. The molecule has 0 saturated carbocycles. The van der Waals surface area contributed by atoms with Crippen molar-refractivity contribution >= 4 is 52.4 Å². The maximum Gasteiger partial charge on any atom is 0.335 e. The van der Waals surface area contributed by atoms with Gasteiger partial charge >= 0.3 is 5.97 Å². The van der Waals surface area contributed by atoms with Gasteiger partial charge in [0.1, 0.15) is 10.8 Å². The summed E-state index contributed by atoms with van der Waals surface area (Å²) in [4.78, 5) is 26.7. The Hall–Kier alpha value is -1.82. The summed E-state index contributed by atoms with van der Waals surface area (Å²) in [6, 6.07) is 6.82. The van der Waals surface area contributed by atoms with Crippen molar-refractivity contribution in [3.8, 4) is 0 Å². The van der Waals surface area contributed by atoms with Gasteiger partial charge in [0.25, 0.3) is 5.91 Å². The highest BCUT2D eigenvalue weighted by molar-refractivity contribution is 6.36. The van der Waals surface area contributed by atoms with E-state index in [-0.39, 0.29) is 32.1 Å². The number of benzene rings is 1. The molecule has 0 saturated heterocycles. The van der Waals surface area contributed by atoms with Gasteiger partial charge in [-0.3, -0.25) is 4.79 Å². The lowest BCUT2D eigenvalue weighted by Crippen LogP contribution is -2.15. The number of hydrogen-bond donors (Lipinski definition) is 2. The molecule has 1 aromatic carbocycles. The van der Waals surface area contributed by atoms with Gasteiger partial charge in [0.2, 0.25) is 0 Å². The Labute approximate surface area is 134 Å². The molecule has 0 aliphatic heterocycles. The van der Waals surface area contributed by atoms with Crippen molar-refractivity contribution in [2.75, 3.05) is 5.32 Å². The van der Waals surface area contributed by atoms with Crippen LogP contribution in [0.5, 0.6) is 0 Å². The number of amides is 1. The molecule has 2 N–H and O–H groups in total. The Kier molecular flexibility index (Phi) is 4.67. The molecule has 1 amide bonds. The van der Waals surface area contributed by atoms with Crippen molar-refractivity contribution in [3.05, 3.63) is 56.8 Å². The third kappa shape index (κ3) is 3.64. The zero-order valence-electron chi connectivity index (χ0n) is 10.2. The van der Waals surface area contributed by atoms with Gasteiger partial charge in [-0.25, -0.2) is 9.78 Å². The van der Waals surface area contributed by atoms with Gasteiger partial charge in [0.15, 0.2) is 0 Å². The van der Waals surface area contributed by atoms with Gasteiger partial charge in [0, 0.05) is 0 Å². The highest BCUT2D eigenvalue weighted by atomic mass is 35.5. The largest absolute Gasteiger partial charge is 0.478 e. The zero-order valence-corrected chi connectivity index (χ0v) is 12.5. The molecule has 108 valence electrons. The summed E-state index contributed by atoms with van der Waals surface area (Å²) in [5.74, 6) is -1.72. The maximum atomic E-state index is 12.1. The second kappa shape index (κ2) is 6.30. The van der Waals surface area contributed by atoms with E-state index < -0.39 is 11.9 Å². The number of anilines is 1. The quantitative estimate of drug-likeness (QED) is 0.824. The summed E-state index contributed by atoms with van der Waals surface area (Å²) < 4.78 is 0. The molecule has 1 aromatic heterocycles. The molecule has 0 bridgehead atoms. The molecule has 0 fully saturated rings. The van der Waals surface area contributed by atoms with Gasteiger partial charge in [-0.1, -0.05) is 34.8 Å². The van der Waals surface area contributed by atoms with Crippen LogP contribution in [-0.4, -0.2) is 22.0 Å². The number of halogens is 3. The molecule has 21 heavy (non-hydrogen) atoms. The molecule has 0 aliphatic carbocycles. The van der Waals surface area contributed by atoms with Crippen LogP contribution in [0.1, 0.15) is 20.8 Å². The molecular weight excluding hydrogens is 339 g/mol. The number of nitrogens with one attached hydrogen (secondary N) is 1. The van der Waals surface area contributed by atoms with Crippen LogP contribution in [0.3, 0.4) is 0 Å². The summed E-state index contributed by atoms with van der Waals surface area (Å²) in [5.41, 5.74) is 0.198. The highest BCUT2D eigenvalue weighted by Gasteiger charge is 2.15. The van der Waals surface area contributed by atoms with Crippen LogP contribution in [0.15, 0.2) is 30.3 Å². The Morgan fingerprint density at radius 3 is 2.38 bits per heavy atom. The average Bonchev–Trinajstić information content (AvgIpc) is 2.43. The first-order valence-electron chi connectivity index (χ1n) is 5.54. The molecular formula is C13H7Cl3N2O3. The number of carboxylic acids is 1. The van der Waals surface area contributed by atoms with Crippen molar-refractivity contribution in [1.29, 1.82) is 0 Å². The second-order valence-electron chi connectivity index (χ2n) is 3.92. The fourth-order valence-corrected chi connectivity index (χ4v) is 2.07. The van der Waals surface area contributed by atoms with Gasteiger partial charge in [0.05, 0.1) is 21.3 Å². The first kappa shape index (κ1) is 15.6. The van der Waals surface area contributed by atoms with Crippen molar-refractivity contribution in [2.24, 2.45) is 0 Å². The summed E-state index contributed by atoms with van der Waals surface area (Å²) in [5, 5.41) is 11.7. The van der Waals surface area contributed by atoms with Crippen molar-refractivity contribution < 1.29 is 14.7 Å². The lowest BCUT2D eigenvalue weighted by molar-refractivity contribution is 0.0696. The monoisotopic (exact) mass is 344 g/mol. The Bertz CT molecular complexity index is 735. The number of hydrogen-bond acceptors (Lipinski definition) is 3. The number of nitrogens with zero attached hydrogens (tertiary/aromatic N) is 1. The van der Waals surface area contributed by atoms with E-state index in [1.807, 2.05) is 0 Å². The normalized spacial score (nSPS) is 10.2. The highest BCUT2D eigenvalue weighted by Crippen LogP contribution is 2.25. The van der Waals surface area contributed by atoms with Crippen LogP contribution in [0.25, 0.3) is 0 Å². The molecule has 5 nitrogen and oxygen atoms in total. The maximum absolute atomic E-state index is 12.1. The van der Waals surface area contributed by atoms with Crippen LogP contribution in [0.2, 0.25) is 15.2 Å². The predicted octanol–water partition coefficient (Wildman–Crippen LogP) is 3.99. The van der Waals surface area contributed by atoms with Crippen LogP contribution < -0.4 is 5.32 Å². The topological polar surface area (TPSA) is 79.3 Å². The van der Waals surface area contributed by atoms with E-state index in [1.165, 1.54) is 30.3 Å². The van der Waals surface area contributed by atoms with E-state index in [4.69, 9.17) is 39.9 Å². The number of carbonyl (C=O) groups excluding carboxylic acids is 1. The molecule has 0 atom stereocenters. The van der Waals surface area contributed by atoms with E-state index in [0.29, 0.717) is 0 Å². The minimum atomic E-state index is -1.12. The van der Waals surface area contributed by atoms with Crippen molar-refractivity contribution in [1.82, 2.24) is 4.98 Å². The first-order chi connectivity index (χ1) is 9.88. The average molecular weight is 346 g/mol. The lowest BCUT2D eigenvalue weighted by atomic mass is 10.2. The molecule has 0 spiro atoms. The van der Waals surface area contributed by atoms with Crippen molar-refractivity contribution in [3.63, 3.8) is 0 Å². The van der Waals surface area contributed by atoms with Gasteiger partial charge in [-0.15, -0.1) is 0 Å². The predicted molar refractivity (Wildman–Crippen MR) is 80.6 cm³/mol. The minimum Gasteiger partial charge on any atom is -0.478 e. The zero-order chi connectivity index (χ0) is 15.6. The molecule has 8 heteroatoms. The number of aromatic nitrogens is 1. The van der Waals surface area contributed by atoms with E-state index >= 15 is 0 Å². The number of pyridine rings is 1. The third-order valence-electron chi connectivity index (χ3n) is 2.49. The van der Waals surface area contributed by atoms with Crippen LogP contribution in [-0.2, 0) is 0 Å². The Morgan fingerprint density at radius 2 is 1.76 bits per heavy atom. The summed E-state index contributed by atoms with van der Waals surface area (Å²) in [6.45, 7) is 0. The lowest BCUT2D eigenvalue weighted by Gasteiger charge is -2.08. The first-order valence-corrected chi connectivity index (χ1v) is 6.68. The van der Waals surface area contributed by atoms with Gasteiger partial charge in [-0.05, 0) is 30.3 Å². The SMILES string of the molecule is O=C(O)c1ccc(NC(=O)c2nc(Cl)ccc2Cl)c(Cl)c1. The van der Waals surface area contributed by atoms with Crippen molar-refractivity contribution in [2.45, 2.75) is 0 Å². The van der Waals surface area contributed by atoms with Crippen LogP contribution >= 0.6 is 34.8 Å². The second-order valence-corrected chi connectivity index (χ2v) is 5.12. The number of carbonyl (C=O) groups is 2. The standard InChI is InChI=1S/C13H7Cl3N2O3/c14-7-2-4-10(16)18-11(7)12(19)17-9-3-1-6(13(20)21)5-8(9)15/h1-5H,(H,17,19)(H,20,21). The van der Waals surface area contributed by atoms with Crippen LogP contribution in [0, 0.1) is 0 Å². The summed E-state index contributed by atoms with van der Waals surface area (Å²) in [7, 11) is 0. The van der Waals surface area contributed by atoms with E-state index in [9.17, 15) is 9.59 Å². The number of aromatic carboxylic acids is 1. The van der Waals surface area contributed by atoms with Crippen LogP contribution in [0.4, 0.5) is 5.69 Å². The fraction of sp³-hybridized carbons (Fsp3) is 0. The smallest absolute Gasteiger partial charge is 0.335 e. The fourth-order valence-electron chi connectivity index (χ4n) is 1.51. The summed E-state index contributed by atoms with van der Waals surface area (Å²) >= 11 is 17.5. The van der Waals surface area contributed by atoms with E-state index in [0.717, 1.165) is 0 Å². The third-order valence-corrected chi connectivity index (χ3v) is 3.32. The summed E-state index contributed by atoms with van der Waals surface area (Å²) in [6.07, 6.45) is 0. The Morgan fingerprint density at radius 1 is 1.05 bits per heavy atom. The minimum absolute atomic E-state index is 0.0110. The Balaban J connectivity index is 2.27. The van der Waals surface area contributed by atoms with E-state index in [1.54, 1.807) is 0 Å². The van der Waals surface area contributed by atoms with E-state index in [2.05, 4.69) is 10.3 Å². The molecule has 2 rings (SSSR count). The molecule has 0 radical (unpaired) electrons. The molecule has 0 aliphatic rings. The molecule has 2 aromatic rings. The molecule has 0 unspecified atom stereocenters.